The second-order valence-corrected chi connectivity index (χ2v) is 15.8. The number of halogens is 1. The van der Waals surface area contributed by atoms with Crippen molar-refractivity contribution in [3.63, 3.8) is 0 Å². The molecular formula is C28H29FN4O2Si. The van der Waals surface area contributed by atoms with Crippen LogP contribution < -0.4 is 5.73 Å². The Kier molecular flexibility index (Phi) is 6.23. The number of benzene rings is 3. The van der Waals surface area contributed by atoms with E-state index in [9.17, 15) is 9.18 Å². The average molecular weight is 501 g/mol. The molecule has 0 atom stereocenters. The van der Waals surface area contributed by atoms with Gasteiger partial charge in [-0.15, -0.1) is 0 Å². The fourth-order valence-electron chi connectivity index (χ4n) is 4.35. The lowest BCUT2D eigenvalue weighted by molar-refractivity contribution is 0.0909. The van der Waals surface area contributed by atoms with Gasteiger partial charge in [-0.2, -0.15) is 0 Å². The summed E-state index contributed by atoms with van der Waals surface area (Å²) in [5, 5.41) is 1.01. The molecule has 0 spiro atoms. The van der Waals surface area contributed by atoms with E-state index in [4.69, 9.17) is 15.5 Å². The summed E-state index contributed by atoms with van der Waals surface area (Å²) < 4.78 is 24.2. The van der Waals surface area contributed by atoms with E-state index in [0.717, 1.165) is 39.5 Å². The second kappa shape index (κ2) is 9.37. The first-order valence-electron chi connectivity index (χ1n) is 12.0. The van der Waals surface area contributed by atoms with Gasteiger partial charge in [-0.3, -0.25) is 9.36 Å². The minimum Gasteiger partial charge on any atom is -0.366 e. The Balaban J connectivity index is 1.57. The Labute approximate surface area is 210 Å². The number of amides is 1. The molecule has 0 aliphatic heterocycles. The van der Waals surface area contributed by atoms with E-state index in [1.54, 1.807) is 18.2 Å². The number of aromatic nitrogens is 3. The van der Waals surface area contributed by atoms with Crippen molar-refractivity contribution in [3.05, 3.63) is 84.3 Å². The van der Waals surface area contributed by atoms with Crippen LogP contribution >= 0.6 is 0 Å². The van der Waals surface area contributed by atoms with Crippen molar-refractivity contribution in [1.29, 1.82) is 0 Å². The maximum atomic E-state index is 14.0. The molecule has 0 aliphatic rings. The fraction of sp³-hybridized carbons (Fsp3) is 0.214. The van der Waals surface area contributed by atoms with Crippen LogP contribution in [0.25, 0.3) is 39.0 Å². The molecule has 0 saturated carbocycles. The molecule has 5 aromatic rings. The zero-order valence-electron chi connectivity index (χ0n) is 20.7. The molecule has 0 aliphatic carbocycles. The van der Waals surface area contributed by atoms with Crippen LogP contribution in [0.15, 0.2) is 72.9 Å². The highest BCUT2D eigenvalue weighted by molar-refractivity contribution is 6.76. The predicted octanol–water partition coefficient (Wildman–Crippen LogP) is 6.20. The molecule has 0 unspecified atom stereocenters. The summed E-state index contributed by atoms with van der Waals surface area (Å²) in [4.78, 5) is 16.3. The average Bonchev–Trinajstić information content (AvgIpc) is 3.42. The highest BCUT2D eigenvalue weighted by Crippen LogP contribution is 2.33. The Morgan fingerprint density at radius 3 is 2.53 bits per heavy atom. The number of hydrogen-bond acceptors (Lipinski definition) is 3. The van der Waals surface area contributed by atoms with E-state index < -0.39 is 14.0 Å². The summed E-state index contributed by atoms with van der Waals surface area (Å²) >= 11 is 0. The number of primary amides is 1. The van der Waals surface area contributed by atoms with Crippen molar-refractivity contribution in [1.82, 2.24) is 14.1 Å². The van der Waals surface area contributed by atoms with E-state index in [-0.39, 0.29) is 5.82 Å². The standard InChI is InChI=1S/C28H29FN4O2Si/c1-36(2,3)16-15-35-18-33-26-12-9-20(29)17-24(26)31-28(33)23-5-4-6-25-22(23)13-14-32(25)21-10-7-19(8-11-21)27(30)34/h4-14,17H,15-16,18H2,1-3H3,(H2,30,34). The summed E-state index contributed by atoms with van der Waals surface area (Å²) in [5.74, 6) is -0.0400. The number of imidazole rings is 1. The van der Waals surface area contributed by atoms with Gasteiger partial charge in [0.25, 0.3) is 0 Å². The molecule has 2 aromatic heterocycles. The van der Waals surface area contributed by atoms with Crippen LogP contribution in [0.2, 0.25) is 25.7 Å². The maximum Gasteiger partial charge on any atom is 0.248 e. The number of rotatable bonds is 8. The summed E-state index contributed by atoms with van der Waals surface area (Å²) in [7, 11) is -1.22. The van der Waals surface area contributed by atoms with Gasteiger partial charge < -0.3 is 15.0 Å². The first-order chi connectivity index (χ1) is 17.2. The van der Waals surface area contributed by atoms with Crippen molar-refractivity contribution in [3.8, 4) is 17.1 Å². The lowest BCUT2D eigenvalue weighted by Gasteiger charge is -2.16. The highest BCUT2D eigenvalue weighted by atomic mass is 28.3. The molecule has 2 N–H and O–H groups in total. The van der Waals surface area contributed by atoms with Gasteiger partial charge in [-0.05, 0) is 54.6 Å². The molecule has 6 nitrogen and oxygen atoms in total. The number of carbonyl (C=O) groups excluding carboxylic acids is 1. The van der Waals surface area contributed by atoms with Crippen molar-refractivity contribution >= 4 is 35.9 Å². The molecule has 184 valence electrons. The Bertz CT molecular complexity index is 1560. The maximum absolute atomic E-state index is 14.0. The van der Waals surface area contributed by atoms with Gasteiger partial charge in [0.1, 0.15) is 18.4 Å². The Morgan fingerprint density at radius 2 is 1.81 bits per heavy atom. The van der Waals surface area contributed by atoms with Crippen LogP contribution in [0.4, 0.5) is 4.39 Å². The van der Waals surface area contributed by atoms with Crippen LogP contribution in [0.5, 0.6) is 0 Å². The van der Waals surface area contributed by atoms with Crippen LogP contribution in [0.1, 0.15) is 10.4 Å². The highest BCUT2D eigenvalue weighted by Gasteiger charge is 2.18. The normalized spacial score (nSPS) is 12.0. The summed E-state index contributed by atoms with van der Waals surface area (Å²) in [5.41, 5.74) is 10.1. The lowest BCUT2D eigenvalue weighted by Crippen LogP contribution is -2.22. The van der Waals surface area contributed by atoms with Crippen molar-refractivity contribution < 1.29 is 13.9 Å². The van der Waals surface area contributed by atoms with Crippen LogP contribution in [-0.2, 0) is 11.5 Å². The minimum atomic E-state index is -1.22. The van der Waals surface area contributed by atoms with Gasteiger partial charge in [0, 0.05) is 49.1 Å². The third kappa shape index (κ3) is 4.69. The first kappa shape index (κ1) is 24.0. The molecule has 0 saturated heterocycles. The van der Waals surface area contributed by atoms with E-state index in [1.807, 2.05) is 47.2 Å². The van der Waals surface area contributed by atoms with E-state index in [2.05, 4.69) is 24.2 Å². The Hall–Kier alpha value is -3.75. The summed E-state index contributed by atoms with van der Waals surface area (Å²) in [6.07, 6.45) is 1.99. The van der Waals surface area contributed by atoms with Crippen molar-refractivity contribution in [2.75, 3.05) is 6.61 Å². The van der Waals surface area contributed by atoms with E-state index in [1.165, 1.54) is 12.1 Å². The van der Waals surface area contributed by atoms with Gasteiger partial charge in [-0.25, -0.2) is 9.37 Å². The molecule has 0 bridgehead atoms. The van der Waals surface area contributed by atoms with Gasteiger partial charge >= 0.3 is 0 Å². The zero-order chi connectivity index (χ0) is 25.4. The van der Waals surface area contributed by atoms with Crippen LogP contribution in [0, 0.1) is 5.82 Å². The molecule has 0 fully saturated rings. The van der Waals surface area contributed by atoms with Crippen molar-refractivity contribution in [2.45, 2.75) is 32.4 Å². The van der Waals surface area contributed by atoms with Crippen molar-refractivity contribution in [2.24, 2.45) is 5.73 Å². The quantitative estimate of drug-likeness (QED) is 0.204. The molecule has 1 amide bonds. The largest absolute Gasteiger partial charge is 0.366 e. The number of ether oxygens (including phenoxy) is 1. The lowest BCUT2D eigenvalue weighted by atomic mass is 10.1. The molecule has 5 rings (SSSR count). The fourth-order valence-corrected chi connectivity index (χ4v) is 5.10. The number of carbonyl (C=O) groups is 1. The number of nitrogens with zero attached hydrogens (tertiary/aromatic N) is 3. The number of nitrogens with two attached hydrogens (primary N) is 1. The Morgan fingerprint density at radius 1 is 1.03 bits per heavy atom. The topological polar surface area (TPSA) is 75.1 Å². The SMILES string of the molecule is C[Si](C)(C)CCOCn1c(-c2cccc3c2ccn3-c2ccc(C(N)=O)cc2)nc2cc(F)ccc21. The second-order valence-electron chi connectivity index (χ2n) is 10.2. The molecule has 3 aromatic carbocycles. The molecule has 36 heavy (non-hydrogen) atoms. The third-order valence-electron chi connectivity index (χ3n) is 6.33. The summed E-state index contributed by atoms with van der Waals surface area (Å²) in [6, 6.07) is 21.0. The molecular weight excluding hydrogens is 471 g/mol. The van der Waals surface area contributed by atoms with E-state index in [0.29, 0.717) is 24.4 Å². The predicted molar refractivity (Wildman–Crippen MR) is 145 cm³/mol. The van der Waals surface area contributed by atoms with Crippen LogP contribution in [0.3, 0.4) is 0 Å². The van der Waals surface area contributed by atoms with Gasteiger partial charge in [-0.1, -0.05) is 31.8 Å². The van der Waals surface area contributed by atoms with E-state index >= 15 is 0 Å². The first-order valence-corrected chi connectivity index (χ1v) is 15.7. The number of fused-ring (bicyclic) bond motifs is 2. The minimum absolute atomic E-state index is 0.317. The monoisotopic (exact) mass is 500 g/mol. The van der Waals surface area contributed by atoms with Crippen LogP contribution in [-0.4, -0.2) is 34.7 Å². The molecule has 8 heteroatoms. The number of hydrogen-bond donors (Lipinski definition) is 1. The molecule has 2 heterocycles. The third-order valence-corrected chi connectivity index (χ3v) is 8.04. The molecule has 0 radical (unpaired) electrons. The zero-order valence-corrected chi connectivity index (χ0v) is 21.7. The summed E-state index contributed by atoms with van der Waals surface area (Å²) in [6.45, 7) is 7.99. The van der Waals surface area contributed by atoms with Gasteiger partial charge in [0.05, 0.1) is 16.6 Å². The smallest absolute Gasteiger partial charge is 0.248 e. The van der Waals surface area contributed by atoms with Gasteiger partial charge in [0.2, 0.25) is 5.91 Å². The van der Waals surface area contributed by atoms with Gasteiger partial charge in [0.15, 0.2) is 0 Å².